The Morgan fingerprint density at radius 1 is 1.39 bits per heavy atom. The fourth-order valence-corrected chi connectivity index (χ4v) is 1.61. The van der Waals surface area contributed by atoms with E-state index in [0.29, 0.717) is 6.29 Å². The molecule has 1 aromatic heterocycles. The second-order valence-corrected chi connectivity index (χ2v) is 4.41. The summed E-state index contributed by atoms with van der Waals surface area (Å²) in [5.41, 5.74) is 0.191. The summed E-state index contributed by atoms with van der Waals surface area (Å²) in [4.78, 5) is 10.6. The van der Waals surface area contributed by atoms with Crippen molar-refractivity contribution >= 4 is 6.29 Å². The third-order valence-electron chi connectivity index (χ3n) is 2.55. The van der Waals surface area contributed by atoms with Crippen molar-refractivity contribution < 1.29 is 14.3 Å². The van der Waals surface area contributed by atoms with Gasteiger partial charge in [0, 0.05) is 11.8 Å². The number of hydrogen-bond acceptors (Lipinski definition) is 3. The first kappa shape index (κ1) is 12.4. The molecule has 0 aliphatic heterocycles. The highest BCUT2D eigenvalue weighted by Crippen LogP contribution is 2.19. The number of carbonyl (C=O) groups is 1. The van der Waals surface area contributed by atoms with E-state index in [1.807, 2.05) is 0 Å². The van der Waals surface area contributed by atoms with Crippen LogP contribution in [0.25, 0.3) is 11.1 Å². The first-order valence-electron chi connectivity index (χ1n) is 5.47. The van der Waals surface area contributed by atoms with Gasteiger partial charge >= 0.3 is 0 Å². The number of nitrogens with zero attached hydrogens (tertiary/aromatic N) is 2. The van der Waals surface area contributed by atoms with E-state index in [1.165, 1.54) is 23.7 Å². The van der Waals surface area contributed by atoms with Crippen molar-refractivity contribution in [1.82, 2.24) is 9.78 Å². The zero-order valence-electron chi connectivity index (χ0n) is 9.88. The molecule has 0 aliphatic rings. The Balaban J connectivity index is 2.20. The minimum Gasteiger partial charge on any atom is -0.381 e. The molecule has 1 atom stereocenters. The maximum absolute atomic E-state index is 12.8. The monoisotopic (exact) mass is 248 g/mol. The summed E-state index contributed by atoms with van der Waals surface area (Å²) in [7, 11) is 0. The largest absolute Gasteiger partial charge is 0.381 e. The van der Waals surface area contributed by atoms with Crippen LogP contribution in [0.5, 0.6) is 0 Å². The molecule has 18 heavy (non-hydrogen) atoms. The highest BCUT2D eigenvalue weighted by Gasteiger charge is 2.20. The van der Waals surface area contributed by atoms with Crippen molar-refractivity contribution in [1.29, 1.82) is 0 Å². The van der Waals surface area contributed by atoms with Gasteiger partial charge in [-0.3, -0.25) is 4.68 Å². The van der Waals surface area contributed by atoms with Crippen LogP contribution in [0.2, 0.25) is 0 Å². The Kier molecular flexibility index (Phi) is 3.25. The molecule has 0 saturated heterocycles. The SMILES string of the molecule is C[C@@](O)(C=O)Cn1cc(-c2ccc(F)cc2)cn1. The molecule has 0 radical (unpaired) electrons. The lowest BCUT2D eigenvalue weighted by molar-refractivity contribution is -0.123. The normalized spacial score (nSPS) is 14.2. The second kappa shape index (κ2) is 4.70. The van der Waals surface area contributed by atoms with E-state index in [4.69, 9.17) is 0 Å². The van der Waals surface area contributed by atoms with Gasteiger partial charge in [-0.1, -0.05) is 12.1 Å². The molecule has 5 heteroatoms. The molecule has 2 aromatic rings. The van der Waals surface area contributed by atoms with Gasteiger partial charge < -0.3 is 9.90 Å². The van der Waals surface area contributed by atoms with Crippen molar-refractivity contribution in [3.63, 3.8) is 0 Å². The van der Waals surface area contributed by atoms with Crippen LogP contribution in [0, 0.1) is 5.82 Å². The number of rotatable bonds is 4. The number of benzene rings is 1. The first-order chi connectivity index (χ1) is 8.50. The van der Waals surface area contributed by atoms with Crippen LogP contribution in [-0.4, -0.2) is 26.8 Å². The predicted molar refractivity (Wildman–Crippen MR) is 64.3 cm³/mol. The van der Waals surface area contributed by atoms with Gasteiger partial charge in [0.15, 0.2) is 6.29 Å². The van der Waals surface area contributed by atoms with Crippen LogP contribution in [-0.2, 0) is 11.3 Å². The molecule has 1 heterocycles. The first-order valence-corrected chi connectivity index (χ1v) is 5.47. The Hall–Kier alpha value is -2.01. The molecule has 0 aliphatic carbocycles. The summed E-state index contributed by atoms with van der Waals surface area (Å²) in [6.45, 7) is 1.50. The van der Waals surface area contributed by atoms with Crippen LogP contribution in [0.15, 0.2) is 36.7 Å². The van der Waals surface area contributed by atoms with Crippen LogP contribution in [0.1, 0.15) is 6.92 Å². The van der Waals surface area contributed by atoms with E-state index in [2.05, 4.69) is 5.10 Å². The standard InChI is InChI=1S/C13H13FN2O2/c1-13(18,9-17)8-16-7-11(6-15-16)10-2-4-12(14)5-3-10/h2-7,9,18H,8H2,1H3/t13-/m0/s1. The summed E-state index contributed by atoms with van der Waals surface area (Å²) < 4.78 is 14.3. The number of carbonyl (C=O) groups excluding carboxylic acids is 1. The molecular weight excluding hydrogens is 235 g/mol. The van der Waals surface area contributed by atoms with Gasteiger partial charge in [0.2, 0.25) is 0 Å². The Labute approximate surface area is 104 Å². The zero-order chi connectivity index (χ0) is 13.2. The summed E-state index contributed by atoms with van der Waals surface area (Å²) in [6.07, 6.45) is 3.78. The van der Waals surface area contributed by atoms with Crippen molar-refractivity contribution in [2.75, 3.05) is 0 Å². The molecule has 0 amide bonds. The molecule has 4 nitrogen and oxygen atoms in total. The maximum Gasteiger partial charge on any atom is 0.153 e. The predicted octanol–water partition coefficient (Wildman–Crippen LogP) is 1.64. The number of aliphatic hydroxyl groups is 1. The van der Waals surface area contributed by atoms with E-state index in [0.717, 1.165) is 11.1 Å². The Bertz CT molecular complexity index is 546. The summed E-state index contributed by atoms with van der Waals surface area (Å²) in [6, 6.07) is 6.03. The fraction of sp³-hybridized carbons (Fsp3) is 0.231. The quantitative estimate of drug-likeness (QED) is 0.837. The third kappa shape index (κ3) is 2.81. The summed E-state index contributed by atoms with van der Waals surface area (Å²) in [5.74, 6) is -0.296. The second-order valence-electron chi connectivity index (χ2n) is 4.41. The van der Waals surface area contributed by atoms with Crippen molar-refractivity contribution in [3.05, 3.63) is 42.5 Å². The maximum atomic E-state index is 12.8. The summed E-state index contributed by atoms with van der Waals surface area (Å²) >= 11 is 0. The lowest BCUT2D eigenvalue weighted by Gasteiger charge is -2.14. The molecule has 0 unspecified atom stereocenters. The average molecular weight is 248 g/mol. The Morgan fingerprint density at radius 3 is 2.67 bits per heavy atom. The topological polar surface area (TPSA) is 55.1 Å². The third-order valence-corrected chi connectivity index (χ3v) is 2.55. The fourth-order valence-electron chi connectivity index (χ4n) is 1.61. The molecule has 0 saturated carbocycles. The van der Waals surface area contributed by atoms with Crippen molar-refractivity contribution in [3.8, 4) is 11.1 Å². The molecule has 94 valence electrons. The van der Waals surface area contributed by atoms with E-state index in [-0.39, 0.29) is 12.4 Å². The number of halogens is 1. The Morgan fingerprint density at radius 2 is 2.06 bits per heavy atom. The van der Waals surface area contributed by atoms with Gasteiger partial charge in [0.1, 0.15) is 11.4 Å². The van der Waals surface area contributed by atoms with Crippen LogP contribution in [0.4, 0.5) is 4.39 Å². The number of aromatic nitrogens is 2. The zero-order valence-corrected chi connectivity index (χ0v) is 9.88. The molecule has 0 fully saturated rings. The van der Waals surface area contributed by atoms with Crippen LogP contribution >= 0.6 is 0 Å². The molecule has 2 rings (SSSR count). The highest BCUT2D eigenvalue weighted by molar-refractivity contribution is 5.62. The van der Waals surface area contributed by atoms with Crippen LogP contribution < -0.4 is 0 Å². The van der Waals surface area contributed by atoms with Crippen molar-refractivity contribution in [2.45, 2.75) is 19.1 Å². The minimum absolute atomic E-state index is 0.0810. The van der Waals surface area contributed by atoms with E-state index >= 15 is 0 Å². The highest BCUT2D eigenvalue weighted by atomic mass is 19.1. The lowest BCUT2D eigenvalue weighted by atomic mass is 10.1. The smallest absolute Gasteiger partial charge is 0.153 e. The minimum atomic E-state index is -1.44. The molecule has 0 bridgehead atoms. The van der Waals surface area contributed by atoms with E-state index < -0.39 is 5.60 Å². The number of hydrogen-bond donors (Lipinski definition) is 1. The van der Waals surface area contributed by atoms with Crippen LogP contribution in [0.3, 0.4) is 0 Å². The van der Waals surface area contributed by atoms with Gasteiger partial charge in [-0.15, -0.1) is 0 Å². The summed E-state index contributed by atoms with van der Waals surface area (Å²) in [5, 5.41) is 13.7. The van der Waals surface area contributed by atoms with Gasteiger partial charge in [0.05, 0.1) is 12.7 Å². The molecular formula is C13H13FN2O2. The molecule has 1 N–H and O–H groups in total. The van der Waals surface area contributed by atoms with Gasteiger partial charge in [-0.2, -0.15) is 5.10 Å². The number of aldehydes is 1. The van der Waals surface area contributed by atoms with Crippen molar-refractivity contribution in [2.24, 2.45) is 0 Å². The van der Waals surface area contributed by atoms with E-state index in [1.54, 1.807) is 24.5 Å². The van der Waals surface area contributed by atoms with Gasteiger partial charge in [0.25, 0.3) is 0 Å². The van der Waals surface area contributed by atoms with E-state index in [9.17, 15) is 14.3 Å². The average Bonchev–Trinajstić information content (AvgIpc) is 2.78. The molecule has 0 spiro atoms. The van der Waals surface area contributed by atoms with Gasteiger partial charge in [-0.25, -0.2) is 4.39 Å². The lowest BCUT2D eigenvalue weighted by Crippen LogP contribution is -2.32. The van der Waals surface area contributed by atoms with Gasteiger partial charge in [-0.05, 0) is 24.6 Å². The molecule has 1 aromatic carbocycles.